The predicted octanol–water partition coefficient (Wildman–Crippen LogP) is 4.45. The second-order valence-corrected chi connectivity index (χ2v) is 6.29. The van der Waals surface area contributed by atoms with Gasteiger partial charge in [0.2, 0.25) is 0 Å². The van der Waals surface area contributed by atoms with Crippen molar-refractivity contribution < 1.29 is 13.9 Å². The number of H-pyrrole nitrogens is 1. The minimum Gasteiger partial charge on any atom is -0.496 e. The maximum Gasteiger partial charge on any atom is 0.256 e. The number of nitrogens with zero attached hydrogens (tertiary/aromatic N) is 2. The molecule has 28 heavy (non-hydrogen) atoms. The number of anilines is 1. The van der Waals surface area contributed by atoms with E-state index in [-0.39, 0.29) is 11.7 Å². The van der Waals surface area contributed by atoms with Gasteiger partial charge in [0, 0.05) is 23.6 Å². The molecule has 0 aliphatic heterocycles. The van der Waals surface area contributed by atoms with Gasteiger partial charge in [-0.25, -0.2) is 4.39 Å². The summed E-state index contributed by atoms with van der Waals surface area (Å²) in [7, 11) is 1.65. The Hall–Kier alpha value is -3.61. The van der Waals surface area contributed by atoms with Gasteiger partial charge < -0.3 is 14.6 Å². The number of carbonyl (C=O) groups excluding carboxylic acids is 1. The second kappa shape index (κ2) is 7.19. The average molecular weight is 378 g/mol. The van der Waals surface area contributed by atoms with Gasteiger partial charge in [0.1, 0.15) is 11.6 Å². The molecule has 0 unspecified atom stereocenters. The zero-order valence-corrected chi connectivity index (χ0v) is 15.5. The van der Waals surface area contributed by atoms with Crippen LogP contribution >= 0.6 is 0 Å². The molecule has 4 rings (SSSR count). The van der Waals surface area contributed by atoms with Crippen molar-refractivity contribution in [2.45, 2.75) is 13.5 Å². The van der Waals surface area contributed by atoms with Crippen LogP contribution in [0, 0.1) is 5.82 Å². The Kier molecular flexibility index (Phi) is 4.57. The van der Waals surface area contributed by atoms with E-state index in [1.54, 1.807) is 13.2 Å². The highest BCUT2D eigenvalue weighted by Gasteiger charge is 2.15. The first kappa shape index (κ1) is 17.8. The molecule has 142 valence electrons. The highest BCUT2D eigenvalue weighted by Crippen LogP contribution is 2.33. The number of aromatic amines is 1. The number of aromatic nitrogens is 3. The average Bonchev–Trinajstić information content (AvgIpc) is 3.32. The van der Waals surface area contributed by atoms with Crippen LogP contribution in [-0.2, 0) is 6.54 Å². The number of methoxy groups -OCH3 is 1. The number of carbonyl (C=O) groups is 1. The summed E-state index contributed by atoms with van der Waals surface area (Å²) >= 11 is 0. The minimum absolute atomic E-state index is 0.351. The van der Waals surface area contributed by atoms with Crippen molar-refractivity contribution in [1.82, 2.24) is 14.8 Å². The molecule has 6 nitrogen and oxygen atoms in total. The molecular formula is C21H19FN4O2. The molecule has 0 spiro atoms. The topological polar surface area (TPSA) is 71.9 Å². The second-order valence-electron chi connectivity index (χ2n) is 6.29. The van der Waals surface area contributed by atoms with Gasteiger partial charge in [-0.2, -0.15) is 5.10 Å². The van der Waals surface area contributed by atoms with Crippen molar-refractivity contribution in [1.29, 1.82) is 0 Å². The Morgan fingerprint density at radius 1 is 1.21 bits per heavy atom. The smallest absolute Gasteiger partial charge is 0.256 e. The molecule has 2 heterocycles. The summed E-state index contributed by atoms with van der Waals surface area (Å²) < 4.78 is 20.6. The predicted molar refractivity (Wildman–Crippen MR) is 106 cm³/mol. The summed E-state index contributed by atoms with van der Waals surface area (Å²) in [6.45, 7) is 2.83. The summed E-state index contributed by atoms with van der Waals surface area (Å²) in [5.41, 5.74) is 3.13. The largest absolute Gasteiger partial charge is 0.496 e. The van der Waals surface area contributed by atoms with Crippen molar-refractivity contribution in [3.05, 3.63) is 66.0 Å². The monoisotopic (exact) mass is 378 g/mol. The fourth-order valence-electron chi connectivity index (χ4n) is 3.31. The number of benzene rings is 2. The molecule has 0 aliphatic carbocycles. The number of fused-ring (bicyclic) bond motifs is 1. The first-order chi connectivity index (χ1) is 13.6. The maximum atomic E-state index is 13.0. The first-order valence-electron chi connectivity index (χ1n) is 8.89. The lowest BCUT2D eigenvalue weighted by molar-refractivity contribution is 0.102. The number of halogens is 1. The van der Waals surface area contributed by atoms with E-state index in [0.717, 1.165) is 34.6 Å². The SMILES string of the molecule is CCn1c(-c2cc(NC(=O)c3ccc(F)cc3)n[nH]2)cc2c(OC)cccc21. The first-order valence-corrected chi connectivity index (χ1v) is 8.89. The Labute approximate surface area is 160 Å². The van der Waals surface area contributed by atoms with Crippen LogP contribution in [0.15, 0.2) is 54.6 Å². The molecule has 1 amide bonds. The minimum atomic E-state index is -0.388. The van der Waals surface area contributed by atoms with Gasteiger partial charge in [0.15, 0.2) is 5.82 Å². The van der Waals surface area contributed by atoms with Gasteiger partial charge in [-0.15, -0.1) is 0 Å². The normalized spacial score (nSPS) is 11.0. The lowest BCUT2D eigenvalue weighted by Gasteiger charge is -2.06. The number of hydrogen-bond acceptors (Lipinski definition) is 3. The third-order valence-corrected chi connectivity index (χ3v) is 4.64. The molecule has 0 bridgehead atoms. The van der Waals surface area contributed by atoms with E-state index in [0.29, 0.717) is 11.4 Å². The van der Waals surface area contributed by atoms with Crippen molar-refractivity contribution in [2.24, 2.45) is 0 Å². The van der Waals surface area contributed by atoms with Gasteiger partial charge >= 0.3 is 0 Å². The van der Waals surface area contributed by atoms with E-state index in [4.69, 9.17) is 4.74 Å². The van der Waals surface area contributed by atoms with Crippen LogP contribution in [0.25, 0.3) is 22.3 Å². The Balaban J connectivity index is 1.66. The fraction of sp³-hybridized carbons (Fsp3) is 0.143. The lowest BCUT2D eigenvalue weighted by Crippen LogP contribution is -2.12. The zero-order chi connectivity index (χ0) is 19.7. The number of aryl methyl sites for hydroxylation is 1. The van der Waals surface area contributed by atoms with Gasteiger partial charge in [-0.3, -0.25) is 9.89 Å². The molecule has 4 aromatic rings. The molecule has 0 aliphatic rings. The summed E-state index contributed by atoms with van der Waals surface area (Å²) in [5.74, 6) is 0.455. The lowest BCUT2D eigenvalue weighted by atomic mass is 10.2. The van der Waals surface area contributed by atoms with E-state index in [9.17, 15) is 9.18 Å². The molecular weight excluding hydrogens is 359 g/mol. The molecule has 2 aromatic heterocycles. The van der Waals surface area contributed by atoms with Crippen LogP contribution in [0.4, 0.5) is 10.2 Å². The van der Waals surface area contributed by atoms with Gasteiger partial charge in [-0.1, -0.05) is 6.07 Å². The molecule has 0 fully saturated rings. The molecule has 0 saturated carbocycles. The summed E-state index contributed by atoms with van der Waals surface area (Å²) in [6.07, 6.45) is 0. The van der Waals surface area contributed by atoms with Crippen molar-refractivity contribution >= 4 is 22.6 Å². The van der Waals surface area contributed by atoms with Crippen LogP contribution in [0.1, 0.15) is 17.3 Å². The Bertz CT molecular complexity index is 1150. The number of hydrogen-bond donors (Lipinski definition) is 2. The molecule has 7 heteroatoms. The third-order valence-electron chi connectivity index (χ3n) is 4.64. The number of rotatable bonds is 5. The summed E-state index contributed by atoms with van der Waals surface area (Å²) in [5, 5.41) is 10.9. The van der Waals surface area contributed by atoms with Crippen LogP contribution in [0.3, 0.4) is 0 Å². The highest BCUT2D eigenvalue weighted by atomic mass is 19.1. The highest BCUT2D eigenvalue weighted by molar-refractivity contribution is 6.04. The molecule has 0 atom stereocenters. The van der Waals surface area contributed by atoms with Crippen LogP contribution in [0.2, 0.25) is 0 Å². The molecule has 0 radical (unpaired) electrons. The molecule has 0 saturated heterocycles. The van der Waals surface area contributed by atoms with Crippen molar-refractivity contribution in [3.63, 3.8) is 0 Å². The van der Waals surface area contributed by atoms with Crippen molar-refractivity contribution in [2.75, 3.05) is 12.4 Å². The maximum absolute atomic E-state index is 13.0. The van der Waals surface area contributed by atoms with Gasteiger partial charge in [0.25, 0.3) is 5.91 Å². The summed E-state index contributed by atoms with van der Waals surface area (Å²) in [6, 6.07) is 15.1. The fourth-order valence-corrected chi connectivity index (χ4v) is 3.31. The summed E-state index contributed by atoms with van der Waals surface area (Å²) in [4.78, 5) is 12.3. The van der Waals surface area contributed by atoms with Gasteiger partial charge in [0.05, 0.1) is 24.0 Å². The Morgan fingerprint density at radius 3 is 2.71 bits per heavy atom. The third kappa shape index (κ3) is 3.11. The van der Waals surface area contributed by atoms with E-state index in [2.05, 4.69) is 27.0 Å². The van der Waals surface area contributed by atoms with Crippen LogP contribution in [-0.4, -0.2) is 27.8 Å². The van der Waals surface area contributed by atoms with Crippen molar-refractivity contribution in [3.8, 4) is 17.1 Å². The zero-order valence-electron chi connectivity index (χ0n) is 15.5. The number of ether oxygens (including phenoxy) is 1. The van der Waals surface area contributed by atoms with Gasteiger partial charge in [-0.05, 0) is 49.4 Å². The van der Waals surface area contributed by atoms with E-state index in [1.165, 1.54) is 24.3 Å². The molecule has 2 N–H and O–H groups in total. The number of amides is 1. The van der Waals surface area contributed by atoms with Crippen LogP contribution < -0.4 is 10.1 Å². The van der Waals surface area contributed by atoms with E-state index >= 15 is 0 Å². The number of nitrogens with one attached hydrogen (secondary N) is 2. The molecule has 2 aromatic carbocycles. The Morgan fingerprint density at radius 2 is 2.00 bits per heavy atom. The quantitative estimate of drug-likeness (QED) is 0.539. The standard InChI is InChI=1S/C21H19FN4O2/c1-3-26-17-5-4-6-19(28-2)15(17)11-18(26)16-12-20(25-24-16)23-21(27)13-7-9-14(22)10-8-13/h4-12H,3H2,1-2H3,(H2,23,24,25,27). The van der Waals surface area contributed by atoms with E-state index in [1.807, 2.05) is 24.3 Å². The van der Waals surface area contributed by atoms with Crippen LogP contribution in [0.5, 0.6) is 5.75 Å². The van der Waals surface area contributed by atoms with E-state index < -0.39 is 0 Å².